The molecule has 0 saturated carbocycles. The fourth-order valence-electron chi connectivity index (χ4n) is 5.58. The van der Waals surface area contributed by atoms with E-state index in [1.807, 2.05) is 121 Å². The summed E-state index contributed by atoms with van der Waals surface area (Å²) in [6.45, 7) is 0.644. The van der Waals surface area contributed by atoms with Crippen molar-refractivity contribution in [2.45, 2.75) is 36.0 Å². The topological polar surface area (TPSA) is 74.8 Å². The largest absolute Gasteiger partial charge is 0.244 e. The van der Waals surface area contributed by atoms with Gasteiger partial charge in [0.25, 0.3) is 0 Å². The molecule has 6 nitrogen and oxygen atoms in total. The van der Waals surface area contributed by atoms with Gasteiger partial charge in [-0.3, -0.25) is 0 Å². The van der Waals surface area contributed by atoms with Crippen LogP contribution in [0.15, 0.2) is 168 Å². The molecule has 232 valence electrons. The molecule has 0 aliphatic heterocycles. The zero-order chi connectivity index (χ0) is 32.0. The summed E-state index contributed by atoms with van der Waals surface area (Å²) in [6, 6.07) is 47.6. The molecule has 0 unspecified atom stereocenters. The second kappa shape index (κ2) is 13.8. The lowest BCUT2D eigenvalue weighted by Gasteiger charge is -2.25. The van der Waals surface area contributed by atoms with Crippen molar-refractivity contribution in [3.05, 3.63) is 180 Å². The average Bonchev–Trinajstić information content (AvgIpc) is 3.09. The fourth-order valence-corrected chi connectivity index (χ4v) is 8.83. The van der Waals surface area contributed by atoms with Crippen molar-refractivity contribution >= 4 is 30.8 Å². The molecule has 0 aliphatic carbocycles. The summed E-state index contributed by atoms with van der Waals surface area (Å²) < 4.78 is 60.9. The zero-order valence-electron chi connectivity index (χ0n) is 25.2. The van der Waals surface area contributed by atoms with Crippen molar-refractivity contribution in [1.29, 1.82) is 0 Å². The molecule has 6 aromatic rings. The molecule has 0 atom stereocenters. The number of hydrogen-bond donors (Lipinski definition) is 0. The van der Waals surface area contributed by atoms with E-state index < -0.39 is 20.0 Å². The molecule has 0 aliphatic rings. The van der Waals surface area contributed by atoms with E-state index in [9.17, 15) is 16.8 Å². The normalized spacial score (nSPS) is 12.1. The van der Waals surface area contributed by atoms with Gasteiger partial charge in [0, 0.05) is 37.0 Å². The molecule has 0 bridgehead atoms. The predicted molar refractivity (Wildman–Crippen MR) is 183 cm³/mol. The van der Waals surface area contributed by atoms with Crippen molar-refractivity contribution < 1.29 is 16.8 Å². The van der Waals surface area contributed by atoms with E-state index in [4.69, 9.17) is 0 Å². The van der Waals surface area contributed by atoms with Crippen molar-refractivity contribution in [1.82, 2.24) is 8.61 Å². The van der Waals surface area contributed by atoms with E-state index in [1.165, 1.54) is 8.61 Å². The predicted octanol–water partition coefficient (Wildman–Crippen LogP) is 7.62. The number of sulfonamides is 2. The summed E-state index contributed by atoms with van der Waals surface area (Å²) >= 11 is 0. The van der Waals surface area contributed by atoms with Gasteiger partial charge in [-0.1, -0.05) is 146 Å². The van der Waals surface area contributed by atoms with Crippen LogP contribution in [0.5, 0.6) is 0 Å². The van der Waals surface area contributed by atoms with Gasteiger partial charge >= 0.3 is 0 Å². The van der Waals surface area contributed by atoms with E-state index in [0.29, 0.717) is 10.8 Å². The summed E-state index contributed by atoms with van der Waals surface area (Å²) in [4.78, 5) is 0.123. The molecule has 0 aromatic heterocycles. The third-order valence-corrected chi connectivity index (χ3v) is 11.6. The molecule has 0 amide bonds. The molecule has 0 spiro atoms. The van der Waals surface area contributed by atoms with Gasteiger partial charge in [-0.15, -0.1) is 0 Å². The molecule has 0 radical (unpaired) electrons. The molecule has 46 heavy (non-hydrogen) atoms. The first kappa shape index (κ1) is 31.4. The molecular weight excluding hydrogens is 613 g/mol. The van der Waals surface area contributed by atoms with E-state index in [-0.39, 0.29) is 36.0 Å². The Bertz CT molecular complexity index is 1890. The van der Waals surface area contributed by atoms with Gasteiger partial charge in [0.1, 0.15) is 0 Å². The highest BCUT2D eigenvalue weighted by molar-refractivity contribution is 7.89. The first-order valence-corrected chi connectivity index (χ1v) is 17.9. The lowest BCUT2D eigenvalue weighted by atomic mass is 10.1. The lowest BCUT2D eigenvalue weighted by molar-refractivity contribution is 0.401. The molecule has 0 heterocycles. The Labute approximate surface area is 271 Å². The maximum atomic E-state index is 14.5. The van der Waals surface area contributed by atoms with Crippen molar-refractivity contribution in [3.8, 4) is 0 Å². The maximum Gasteiger partial charge on any atom is 0.244 e. The van der Waals surface area contributed by atoms with Crippen LogP contribution in [0.1, 0.15) is 22.3 Å². The molecule has 6 aromatic carbocycles. The average molecular weight is 647 g/mol. The van der Waals surface area contributed by atoms with Crippen molar-refractivity contribution in [2.75, 3.05) is 0 Å². The van der Waals surface area contributed by atoms with Gasteiger partial charge in [-0.25, -0.2) is 16.8 Å². The van der Waals surface area contributed by atoms with Gasteiger partial charge in [0.05, 0.1) is 9.79 Å². The second-order valence-corrected chi connectivity index (χ2v) is 14.9. The lowest BCUT2D eigenvalue weighted by Crippen LogP contribution is -2.31. The standard InChI is InChI=1S/C38H34N2O4S2/c41-45(42,39(27-31-15-5-1-6-16-31)28-32-17-7-2-8-18-32)37-25-13-24-36-35(37)23-14-26-38(36)46(43,44)40(29-33-19-9-3-10-20-33)30-34-21-11-4-12-22-34/h1-26H,27-30H2. The maximum absolute atomic E-state index is 14.5. The Morgan fingerprint density at radius 2 is 0.587 bits per heavy atom. The van der Waals surface area contributed by atoms with Crippen molar-refractivity contribution in [2.24, 2.45) is 0 Å². The molecular formula is C38H34N2O4S2. The number of benzene rings is 6. The Hall–Kier alpha value is -4.60. The van der Waals surface area contributed by atoms with E-state index in [0.717, 1.165) is 22.3 Å². The number of hydrogen-bond acceptors (Lipinski definition) is 4. The fraction of sp³-hybridized carbons (Fsp3) is 0.105. The summed E-state index contributed by atoms with van der Waals surface area (Å²) in [6.07, 6.45) is 0. The minimum atomic E-state index is -4.08. The molecule has 8 heteroatoms. The summed E-state index contributed by atoms with van der Waals surface area (Å²) in [5.41, 5.74) is 3.40. The van der Waals surface area contributed by atoms with Crippen LogP contribution in [-0.2, 0) is 46.2 Å². The zero-order valence-corrected chi connectivity index (χ0v) is 26.8. The highest BCUT2D eigenvalue weighted by Gasteiger charge is 2.31. The first-order valence-electron chi connectivity index (χ1n) is 15.0. The van der Waals surface area contributed by atoms with Gasteiger partial charge in [0.2, 0.25) is 20.0 Å². The van der Waals surface area contributed by atoms with Crippen LogP contribution in [-0.4, -0.2) is 25.4 Å². The molecule has 0 fully saturated rings. The number of fused-ring (bicyclic) bond motifs is 1. The third-order valence-electron chi connectivity index (χ3n) is 7.88. The summed E-state index contributed by atoms with van der Waals surface area (Å²) in [7, 11) is -8.16. The highest BCUT2D eigenvalue weighted by atomic mass is 32.2. The van der Waals surface area contributed by atoms with Crippen LogP contribution in [0.4, 0.5) is 0 Å². The third kappa shape index (κ3) is 6.95. The molecule has 6 rings (SSSR count). The minimum Gasteiger partial charge on any atom is -0.207 e. The van der Waals surface area contributed by atoms with Gasteiger partial charge in [0.15, 0.2) is 0 Å². The second-order valence-electron chi connectivity index (χ2n) is 11.1. The van der Waals surface area contributed by atoms with Gasteiger partial charge in [-0.05, 0) is 34.4 Å². The van der Waals surface area contributed by atoms with Crippen LogP contribution in [0, 0.1) is 0 Å². The Morgan fingerprint density at radius 3 is 0.848 bits per heavy atom. The van der Waals surface area contributed by atoms with Gasteiger partial charge < -0.3 is 0 Å². The van der Waals surface area contributed by atoms with Crippen molar-refractivity contribution in [3.63, 3.8) is 0 Å². The summed E-state index contributed by atoms with van der Waals surface area (Å²) in [5.74, 6) is 0. The monoisotopic (exact) mass is 646 g/mol. The van der Waals surface area contributed by atoms with Crippen LogP contribution in [0.3, 0.4) is 0 Å². The van der Waals surface area contributed by atoms with E-state index >= 15 is 0 Å². The minimum absolute atomic E-state index is 0.0616. The number of rotatable bonds is 12. The quantitative estimate of drug-likeness (QED) is 0.137. The van der Waals surface area contributed by atoms with Crippen LogP contribution < -0.4 is 0 Å². The van der Waals surface area contributed by atoms with E-state index in [2.05, 4.69) is 0 Å². The molecule has 0 N–H and O–H groups in total. The SMILES string of the molecule is O=S(=O)(c1cccc2c(S(=O)(=O)N(Cc3ccccc3)Cc3ccccc3)cccc12)N(Cc1ccccc1)Cc1ccccc1. The first-order chi connectivity index (χ1) is 22.3. The highest BCUT2D eigenvalue weighted by Crippen LogP contribution is 2.33. The van der Waals surface area contributed by atoms with Crippen LogP contribution >= 0.6 is 0 Å². The number of nitrogens with zero attached hydrogens (tertiary/aromatic N) is 2. The smallest absolute Gasteiger partial charge is 0.207 e. The van der Waals surface area contributed by atoms with Gasteiger partial charge in [-0.2, -0.15) is 8.61 Å². The molecule has 0 saturated heterocycles. The Kier molecular flexibility index (Phi) is 9.42. The summed E-state index contributed by atoms with van der Waals surface area (Å²) in [5, 5.41) is 0.711. The van der Waals surface area contributed by atoms with Crippen LogP contribution in [0.25, 0.3) is 10.8 Å². The Morgan fingerprint density at radius 1 is 0.326 bits per heavy atom. The Balaban J connectivity index is 1.44. The van der Waals surface area contributed by atoms with Crippen LogP contribution in [0.2, 0.25) is 0 Å². The van der Waals surface area contributed by atoms with E-state index in [1.54, 1.807) is 36.4 Å².